The molecule has 0 bridgehead atoms. The van der Waals surface area contributed by atoms with Gasteiger partial charge in [0.2, 0.25) is 0 Å². The number of benzene rings is 1. The molecule has 148 valence electrons. The number of thiophene rings is 2. The Morgan fingerprint density at radius 1 is 1.14 bits per heavy atom. The van der Waals surface area contributed by atoms with Gasteiger partial charge in [-0.25, -0.2) is 9.40 Å². The molecule has 0 N–H and O–H groups in total. The van der Waals surface area contributed by atoms with Gasteiger partial charge in [0.25, 0.3) is 11.8 Å². The predicted molar refractivity (Wildman–Crippen MR) is 113 cm³/mol. The van der Waals surface area contributed by atoms with Gasteiger partial charge >= 0.3 is 0 Å². The Labute approximate surface area is 175 Å². The van der Waals surface area contributed by atoms with E-state index in [1.54, 1.807) is 42.6 Å². The van der Waals surface area contributed by atoms with Crippen molar-refractivity contribution in [1.29, 1.82) is 0 Å². The average Bonchev–Trinajstić information content (AvgIpc) is 3.48. The number of halogens is 1. The lowest BCUT2D eigenvalue weighted by Crippen LogP contribution is -2.39. The summed E-state index contributed by atoms with van der Waals surface area (Å²) in [5, 5.41) is 9.78. The van der Waals surface area contributed by atoms with E-state index in [1.165, 1.54) is 33.4 Å². The Morgan fingerprint density at radius 2 is 1.86 bits per heavy atom. The van der Waals surface area contributed by atoms with Crippen molar-refractivity contribution in [2.75, 3.05) is 13.6 Å². The predicted octanol–water partition coefficient (Wildman–Crippen LogP) is 4.40. The highest BCUT2D eigenvalue weighted by molar-refractivity contribution is 7.12. The van der Waals surface area contributed by atoms with Gasteiger partial charge < -0.3 is 4.90 Å². The van der Waals surface area contributed by atoms with Crippen LogP contribution in [-0.4, -0.2) is 41.0 Å². The zero-order chi connectivity index (χ0) is 20.4. The smallest absolute Gasteiger partial charge is 0.264 e. The zero-order valence-electron chi connectivity index (χ0n) is 15.6. The molecule has 0 unspecified atom stereocenters. The standard InChI is InChI=1S/C21H18FN3O2S2/c1-24(21(27)19-5-3-11-29-19)13-20(26)25-17(14-6-8-15(22)9-7-14)12-16(23-25)18-4-2-10-28-18/h2-11,17H,12-13H2,1H3/t17-/m0/s1. The highest BCUT2D eigenvalue weighted by Gasteiger charge is 2.34. The second-order valence-corrected chi connectivity index (χ2v) is 8.57. The van der Waals surface area contributed by atoms with Gasteiger partial charge in [-0.05, 0) is 40.6 Å². The molecular weight excluding hydrogens is 409 g/mol. The van der Waals surface area contributed by atoms with Crippen molar-refractivity contribution in [3.8, 4) is 0 Å². The molecule has 2 amide bonds. The van der Waals surface area contributed by atoms with Crippen LogP contribution in [0.25, 0.3) is 0 Å². The molecule has 2 aromatic heterocycles. The van der Waals surface area contributed by atoms with Gasteiger partial charge in [0, 0.05) is 13.5 Å². The number of carbonyl (C=O) groups excluding carboxylic acids is 2. The van der Waals surface area contributed by atoms with Crippen molar-refractivity contribution in [3.05, 3.63) is 80.4 Å². The molecule has 0 spiro atoms. The SMILES string of the molecule is CN(CC(=O)N1N=C(c2cccs2)C[C@H]1c1ccc(F)cc1)C(=O)c1cccs1. The van der Waals surface area contributed by atoms with E-state index < -0.39 is 0 Å². The minimum Gasteiger partial charge on any atom is -0.332 e. The van der Waals surface area contributed by atoms with Crippen molar-refractivity contribution in [2.24, 2.45) is 5.10 Å². The fourth-order valence-corrected chi connectivity index (χ4v) is 4.65. The quantitative estimate of drug-likeness (QED) is 0.606. The number of amides is 2. The molecule has 1 aromatic carbocycles. The van der Waals surface area contributed by atoms with Gasteiger partial charge in [-0.3, -0.25) is 9.59 Å². The first-order chi connectivity index (χ1) is 14.0. The Morgan fingerprint density at radius 3 is 2.52 bits per heavy atom. The van der Waals surface area contributed by atoms with Gasteiger partial charge in [-0.15, -0.1) is 22.7 Å². The zero-order valence-corrected chi connectivity index (χ0v) is 17.3. The lowest BCUT2D eigenvalue weighted by Gasteiger charge is -2.24. The summed E-state index contributed by atoms with van der Waals surface area (Å²) in [6.45, 7) is -0.0877. The molecule has 0 saturated heterocycles. The Kier molecular flexibility index (Phi) is 5.55. The summed E-state index contributed by atoms with van der Waals surface area (Å²) in [5.41, 5.74) is 1.62. The largest absolute Gasteiger partial charge is 0.332 e. The first kappa shape index (κ1) is 19.5. The summed E-state index contributed by atoms with van der Waals surface area (Å²) < 4.78 is 13.4. The van der Waals surface area contributed by atoms with E-state index in [1.807, 2.05) is 22.9 Å². The molecule has 1 atom stereocenters. The van der Waals surface area contributed by atoms with Crippen LogP contribution in [0.4, 0.5) is 4.39 Å². The van der Waals surface area contributed by atoms with Gasteiger partial charge in [-0.1, -0.05) is 24.3 Å². The number of carbonyl (C=O) groups is 2. The molecule has 0 radical (unpaired) electrons. The van der Waals surface area contributed by atoms with Crippen LogP contribution < -0.4 is 0 Å². The molecule has 4 rings (SSSR count). The summed E-state index contributed by atoms with van der Waals surface area (Å²) in [6.07, 6.45) is 0.542. The summed E-state index contributed by atoms with van der Waals surface area (Å²) in [6, 6.07) is 13.2. The fraction of sp³-hybridized carbons (Fsp3) is 0.190. The molecule has 0 aliphatic carbocycles. The number of likely N-dealkylation sites (N-methyl/N-ethyl adjacent to an activating group) is 1. The second-order valence-electron chi connectivity index (χ2n) is 6.67. The Bertz CT molecular complexity index is 1030. The summed E-state index contributed by atoms with van der Waals surface area (Å²) in [5.74, 6) is -0.808. The van der Waals surface area contributed by atoms with Crippen LogP contribution in [0, 0.1) is 5.82 Å². The fourth-order valence-electron chi connectivity index (χ4n) is 3.21. The van der Waals surface area contributed by atoms with Crippen LogP contribution in [0.3, 0.4) is 0 Å². The van der Waals surface area contributed by atoms with Crippen molar-refractivity contribution in [1.82, 2.24) is 9.91 Å². The van der Waals surface area contributed by atoms with Crippen LogP contribution in [0.15, 0.2) is 64.4 Å². The molecule has 5 nitrogen and oxygen atoms in total. The molecular formula is C21H18FN3O2S2. The van der Waals surface area contributed by atoms with Gasteiger partial charge in [0.1, 0.15) is 12.4 Å². The third kappa shape index (κ3) is 4.13. The first-order valence-corrected chi connectivity index (χ1v) is 10.8. The number of hydrogen-bond acceptors (Lipinski definition) is 5. The van der Waals surface area contributed by atoms with Crippen LogP contribution in [-0.2, 0) is 4.79 Å². The third-order valence-corrected chi connectivity index (χ3v) is 6.45. The van der Waals surface area contributed by atoms with Crippen LogP contribution in [0.2, 0.25) is 0 Å². The van der Waals surface area contributed by atoms with Gasteiger partial charge in [0.05, 0.1) is 21.5 Å². The van der Waals surface area contributed by atoms with E-state index in [9.17, 15) is 14.0 Å². The van der Waals surface area contributed by atoms with Crippen molar-refractivity contribution < 1.29 is 14.0 Å². The molecule has 1 aliphatic rings. The minimum absolute atomic E-state index is 0.0877. The van der Waals surface area contributed by atoms with Crippen molar-refractivity contribution >= 4 is 40.2 Å². The summed E-state index contributed by atoms with van der Waals surface area (Å²) in [4.78, 5) is 28.5. The van der Waals surface area contributed by atoms with Crippen LogP contribution >= 0.6 is 22.7 Å². The molecule has 0 fully saturated rings. The first-order valence-electron chi connectivity index (χ1n) is 9.01. The number of hydrogen-bond donors (Lipinski definition) is 0. The maximum Gasteiger partial charge on any atom is 0.264 e. The second kappa shape index (κ2) is 8.26. The van der Waals surface area contributed by atoms with E-state index in [-0.39, 0.29) is 30.2 Å². The monoisotopic (exact) mass is 427 g/mol. The van der Waals surface area contributed by atoms with E-state index >= 15 is 0 Å². The third-order valence-electron chi connectivity index (χ3n) is 4.68. The van der Waals surface area contributed by atoms with Crippen LogP contribution in [0.5, 0.6) is 0 Å². The maximum atomic E-state index is 13.4. The normalized spacial score (nSPS) is 16.0. The van der Waals surface area contributed by atoms with Crippen molar-refractivity contribution in [2.45, 2.75) is 12.5 Å². The van der Waals surface area contributed by atoms with E-state index in [2.05, 4.69) is 5.10 Å². The van der Waals surface area contributed by atoms with E-state index in [0.29, 0.717) is 11.3 Å². The van der Waals surface area contributed by atoms with Gasteiger partial charge in [-0.2, -0.15) is 5.10 Å². The summed E-state index contributed by atoms with van der Waals surface area (Å²) in [7, 11) is 1.60. The number of nitrogens with zero attached hydrogens (tertiary/aromatic N) is 3. The highest BCUT2D eigenvalue weighted by atomic mass is 32.1. The van der Waals surface area contributed by atoms with E-state index in [0.717, 1.165) is 16.2 Å². The summed E-state index contributed by atoms with van der Waals surface area (Å²) >= 11 is 2.90. The highest BCUT2D eigenvalue weighted by Crippen LogP contribution is 2.34. The minimum atomic E-state index is -0.328. The maximum absolute atomic E-state index is 13.4. The lowest BCUT2D eigenvalue weighted by atomic mass is 10.0. The Hall–Kier alpha value is -2.84. The molecule has 1 aliphatic heterocycles. The molecule has 3 aromatic rings. The van der Waals surface area contributed by atoms with Gasteiger partial charge in [0.15, 0.2) is 0 Å². The average molecular weight is 428 g/mol. The molecule has 29 heavy (non-hydrogen) atoms. The number of hydrazone groups is 1. The molecule has 8 heteroatoms. The lowest BCUT2D eigenvalue weighted by molar-refractivity contribution is -0.133. The van der Waals surface area contributed by atoms with E-state index in [4.69, 9.17) is 0 Å². The molecule has 3 heterocycles. The van der Waals surface area contributed by atoms with Crippen molar-refractivity contribution in [3.63, 3.8) is 0 Å². The Balaban J connectivity index is 1.57. The topological polar surface area (TPSA) is 53.0 Å². The number of rotatable bonds is 5. The van der Waals surface area contributed by atoms with Crippen LogP contribution in [0.1, 0.15) is 32.6 Å². The molecule has 0 saturated carbocycles.